The zero-order valence-electron chi connectivity index (χ0n) is 18.0. The van der Waals surface area contributed by atoms with Crippen LogP contribution in [-0.2, 0) is 21.3 Å². The van der Waals surface area contributed by atoms with Crippen LogP contribution in [0.1, 0.15) is 26.4 Å². The van der Waals surface area contributed by atoms with E-state index in [4.69, 9.17) is 9.88 Å². The Balaban J connectivity index is 1.37. The number of nitrogens with zero attached hydrogens (tertiary/aromatic N) is 4. The minimum atomic E-state index is -3.83. The number of sulfonamides is 1. The highest BCUT2D eigenvalue weighted by atomic mass is 32.2. The topological polar surface area (TPSA) is 162 Å². The van der Waals surface area contributed by atoms with E-state index in [9.17, 15) is 18.0 Å². The fourth-order valence-electron chi connectivity index (χ4n) is 3.25. The number of nitrogens with two attached hydrogens (primary N) is 1. The Kier molecular flexibility index (Phi) is 6.98. The van der Waals surface area contributed by atoms with Gasteiger partial charge < -0.3 is 10.1 Å². The van der Waals surface area contributed by atoms with E-state index in [0.717, 1.165) is 0 Å². The van der Waals surface area contributed by atoms with Gasteiger partial charge in [-0.15, -0.1) is 5.10 Å². The van der Waals surface area contributed by atoms with Crippen LogP contribution >= 0.6 is 0 Å². The molecule has 0 saturated carbocycles. The average molecular weight is 486 g/mol. The number of primary sulfonamides is 1. The zero-order chi connectivity index (χ0) is 24.1. The first-order chi connectivity index (χ1) is 16.3. The van der Waals surface area contributed by atoms with Crippen molar-refractivity contribution >= 4 is 21.8 Å². The third-order valence-electron chi connectivity index (χ3n) is 5.06. The number of hydrazine groups is 1. The van der Waals surface area contributed by atoms with E-state index in [-0.39, 0.29) is 22.9 Å². The standard InChI is InChI=1S/C21H23N7O5S/c22-34(31,32)19-6-4-15(5-7-19)20(29)23-13-17-14-28(26-24-17)18-3-1-2-16(12-18)21(30)25-27-8-10-33-11-9-27/h1-7,12,14H,8-11,13H2,(H,23,29)(H,25,30)(H2,22,31,32). The van der Waals surface area contributed by atoms with Crippen molar-refractivity contribution in [2.45, 2.75) is 11.4 Å². The fraction of sp³-hybridized carbons (Fsp3) is 0.238. The summed E-state index contributed by atoms with van der Waals surface area (Å²) in [6.45, 7) is 2.49. The van der Waals surface area contributed by atoms with Crippen molar-refractivity contribution in [2.24, 2.45) is 5.14 Å². The van der Waals surface area contributed by atoms with Gasteiger partial charge in [0.25, 0.3) is 11.8 Å². The summed E-state index contributed by atoms with van der Waals surface area (Å²) in [5.74, 6) is -0.637. The van der Waals surface area contributed by atoms with Crippen LogP contribution in [0.5, 0.6) is 0 Å². The quantitative estimate of drug-likeness (QED) is 0.415. The highest BCUT2D eigenvalue weighted by Crippen LogP contribution is 2.12. The molecule has 1 aliphatic heterocycles. The number of hydrogen-bond acceptors (Lipinski definition) is 8. The van der Waals surface area contributed by atoms with Crippen molar-refractivity contribution in [3.63, 3.8) is 0 Å². The Hall–Kier alpha value is -3.65. The molecule has 4 N–H and O–H groups in total. The van der Waals surface area contributed by atoms with Crippen molar-refractivity contribution in [3.05, 3.63) is 71.5 Å². The zero-order valence-corrected chi connectivity index (χ0v) is 18.9. The molecule has 0 atom stereocenters. The number of aromatic nitrogens is 3. The summed E-state index contributed by atoms with van der Waals surface area (Å²) in [6.07, 6.45) is 1.64. The SMILES string of the molecule is NS(=O)(=O)c1ccc(C(=O)NCc2cn(-c3cccc(C(=O)NN4CCOCC4)c3)nn2)cc1. The number of ether oxygens (including phenoxy) is 1. The molecule has 4 rings (SSSR count). The minimum Gasteiger partial charge on any atom is -0.379 e. The van der Waals surface area contributed by atoms with Gasteiger partial charge in [0.05, 0.1) is 36.5 Å². The number of nitrogens with one attached hydrogen (secondary N) is 2. The van der Waals surface area contributed by atoms with E-state index in [1.54, 1.807) is 30.5 Å². The molecule has 178 valence electrons. The Morgan fingerprint density at radius 1 is 1.03 bits per heavy atom. The van der Waals surface area contributed by atoms with E-state index >= 15 is 0 Å². The summed E-state index contributed by atoms with van der Waals surface area (Å²) in [4.78, 5) is 24.8. The van der Waals surface area contributed by atoms with Crippen LogP contribution in [0.4, 0.5) is 0 Å². The molecule has 34 heavy (non-hydrogen) atoms. The Morgan fingerprint density at radius 3 is 2.47 bits per heavy atom. The highest BCUT2D eigenvalue weighted by Gasteiger charge is 2.15. The molecule has 0 radical (unpaired) electrons. The molecule has 1 fully saturated rings. The summed E-state index contributed by atoms with van der Waals surface area (Å²) in [7, 11) is -3.83. The molecule has 3 aromatic rings. The van der Waals surface area contributed by atoms with Crippen LogP contribution in [0, 0.1) is 0 Å². The fourth-order valence-corrected chi connectivity index (χ4v) is 3.76. The van der Waals surface area contributed by atoms with Gasteiger partial charge in [0.2, 0.25) is 10.0 Å². The number of morpholine rings is 1. The van der Waals surface area contributed by atoms with Crippen LogP contribution in [0.25, 0.3) is 5.69 Å². The second-order valence-corrected chi connectivity index (χ2v) is 9.06. The first kappa shape index (κ1) is 23.5. The molecule has 13 heteroatoms. The summed E-state index contributed by atoms with van der Waals surface area (Å²) in [5, 5.41) is 17.7. The lowest BCUT2D eigenvalue weighted by atomic mass is 10.2. The van der Waals surface area contributed by atoms with Gasteiger partial charge in [0.15, 0.2) is 0 Å². The van der Waals surface area contributed by atoms with Crippen LogP contribution in [0.2, 0.25) is 0 Å². The van der Waals surface area contributed by atoms with Gasteiger partial charge >= 0.3 is 0 Å². The van der Waals surface area contributed by atoms with E-state index in [0.29, 0.717) is 43.2 Å². The maximum absolute atomic E-state index is 12.6. The molecule has 1 aliphatic rings. The van der Waals surface area contributed by atoms with Gasteiger partial charge in [-0.3, -0.25) is 15.0 Å². The summed E-state index contributed by atoms with van der Waals surface area (Å²) in [5.41, 5.74) is 4.74. The summed E-state index contributed by atoms with van der Waals surface area (Å²) >= 11 is 0. The van der Waals surface area contributed by atoms with Gasteiger partial charge in [-0.25, -0.2) is 23.2 Å². The van der Waals surface area contributed by atoms with Gasteiger partial charge in [0.1, 0.15) is 5.69 Å². The second kappa shape index (κ2) is 10.1. The van der Waals surface area contributed by atoms with Gasteiger partial charge in [-0.05, 0) is 42.5 Å². The molecule has 1 aromatic heterocycles. The highest BCUT2D eigenvalue weighted by molar-refractivity contribution is 7.89. The van der Waals surface area contributed by atoms with Gasteiger partial charge in [-0.1, -0.05) is 11.3 Å². The molecule has 2 amide bonds. The second-order valence-electron chi connectivity index (χ2n) is 7.50. The normalized spacial score (nSPS) is 14.5. The molecule has 1 saturated heterocycles. The maximum Gasteiger partial charge on any atom is 0.265 e. The van der Waals surface area contributed by atoms with Crippen molar-refractivity contribution in [2.75, 3.05) is 26.3 Å². The molecular formula is C21H23N7O5S. The maximum atomic E-state index is 12.6. The van der Waals surface area contributed by atoms with E-state index < -0.39 is 15.9 Å². The lowest BCUT2D eigenvalue weighted by Crippen LogP contribution is -2.48. The number of carbonyl (C=O) groups is 2. The van der Waals surface area contributed by atoms with Crippen LogP contribution < -0.4 is 15.9 Å². The van der Waals surface area contributed by atoms with Crippen molar-refractivity contribution in [1.29, 1.82) is 0 Å². The lowest BCUT2D eigenvalue weighted by Gasteiger charge is -2.26. The molecule has 12 nitrogen and oxygen atoms in total. The molecule has 0 bridgehead atoms. The van der Waals surface area contributed by atoms with Gasteiger partial charge in [0, 0.05) is 24.2 Å². The summed E-state index contributed by atoms with van der Waals surface area (Å²) < 4.78 is 29.4. The first-order valence-corrected chi connectivity index (χ1v) is 11.9. The minimum absolute atomic E-state index is 0.0761. The van der Waals surface area contributed by atoms with Crippen molar-refractivity contribution < 1.29 is 22.7 Å². The number of rotatable bonds is 7. The average Bonchev–Trinajstić information content (AvgIpc) is 3.32. The van der Waals surface area contributed by atoms with E-state index in [2.05, 4.69) is 21.1 Å². The smallest absolute Gasteiger partial charge is 0.265 e. The third kappa shape index (κ3) is 5.82. The molecule has 0 spiro atoms. The van der Waals surface area contributed by atoms with E-state index in [1.165, 1.54) is 28.9 Å². The first-order valence-electron chi connectivity index (χ1n) is 10.4. The Bertz CT molecular complexity index is 1280. The predicted octanol–water partition coefficient (Wildman–Crippen LogP) is -0.178. The molecule has 0 unspecified atom stereocenters. The van der Waals surface area contributed by atoms with Crippen LogP contribution in [-0.4, -0.2) is 66.5 Å². The number of hydrogen-bond donors (Lipinski definition) is 3. The van der Waals surface area contributed by atoms with Crippen LogP contribution in [0.15, 0.2) is 59.6 Å². The van der Waals surface area contributed by atoms with Crippen molar-refractivity contribution in [3.8, 4) is 5.69 Å². The predicted molar refractivity (Wildman–Crippen MR) is 120 cm³/mol. The Morgan fingerprint density at radius 2 is 1.76 bits per heavy atom. The monoisotopic (exact) mass is 485 g/mol. The third-order valence-corrected chi connectivity index (χ3v) is 5.99. The molecular weight excluding hydrogens is 462 g/mol. The largest absolute Gasteiger partial charge is 0.379 e. The van der Waals surface area contributed by atoms with Crippen LogP contribution in [0.3, 0.4) is 0 Å². The molecule has 2 heterocycles. The number of benzene rings is 2. The molecule has 2 aromatic carbocycles. The number of carbonyl (C=O) groups excluding carboxylic acids is 2. The lowest BCUT2D eigenvalue weighted by molar-refractivity contribution is 0.0126. The van der Waals surface area contributed by atoms with Crippen molar-refractivity contribution in [1.82, 2.24) is 30.7 Å². The Labute approximate surface area is 195 Å². The number of amides is 2. The van der Waals surface area contributed by atoms with E-state index in [1.807, 2.05) is 5.01 Å². The summed E-state index contributed by atoms with van der Waals surface area (Å²) in [6, 6.07) is 12.2. The van der Waals surface area contributed by atoms with Gasteiger partial charge in [-0.2, -0.15) is 0 Å². The molecule has 0 aliphatic carbocycles.